The Morgan fingerprint density at radius 2 is 1.69 bits per heavy atom. The lowest BCUT2D eigenvalue weighted by Crippen LogP contribution is -2.29. The number of amides is 1. The number of aryl methyl sites for hydroxylation is 2. The molecule has 0 saturated carbocycles. The molecular formula is C31H31NO4. The Morgan fingerprint density at radius 1 is 0.944 bits per heavy atom. The molecule has 36 heavy (non-hydrogen) atoms. The van der Waals surface area contributed by atoms with Crippen molar-refractivity contribution >= 4 is 16.9 Å². The lowest BCUT2D eigenvalue weighted by atomic mass is 9.97. The van der Waals surface area contributed by atoms with Crippen LogP contribution in [0.2, 0.25) is 0 Å². The van der Waals surface area contributed by atoms with Crippen molar-refractivity contribution in [2.75, 3.05) is 6.61 Å². The van der Waals surface area contributed by atoms with Gasteiger partial charge < -0.3 is 14.1 Å². The summed E-state index contributed by atoms with van der Waals surface area (Å²) in [6.45, 7) is 9.27. The number of carbonyl (C=O) groups is 1. The van der Waals surface area contributed by atoms with Crippen LogP contribution < -0.4 is 10.2 Å². The molecule has 3 aromatic carbocycles. The molecule has 5 heteroatoms. The third-order valence-electron chi connectivity index (χ3n) is 6.73. The topological polar surface area (TPSA) is 59.8 Å². The number of rotatable bonds is 7. The molecule has 0 bridgehead atoms. The lowest BCUT2D eigenvalue weighted by Gasteiger charge is -2.25. The van der Waals surface area contributed by atoms with Gasteiger partial charge in [0.15, 0.2) is 5.43 Å². The highest BCUT2D eigenvalue weighted by Gasteiger charge is 2.42. The number of benzene rings is 3. The molecule has 5 rings (SSSR count). The van der Waals surface area contributed by atoms with Gasteiger partial charge in [-0.2, -0.15) is 0 Å². The molecular weight excluding hydrogens is 450 g/mol. The number of carbonyl (C=O) groups excluding carboxylic acids is 1. The molecule has 1 aliphatic heterocycles. The van der Waals surface area contributed by atoms with E-state index in [1.807, 2.05) is 74.5 Å². The second-order valence-corrected chi connectivity index (χ2v) is 10.1. The van der Waals surface area contributed by atoms with Gasteiger partial charge in [0.05, 0.1) is 23.6 Å². The van der Waals surface area contributed by atoms with Crippen molar-refractivity contribution in [3.05, 3.63) is 111 Å². The first kappa shape index (κ1) is 23.9. The van der Waals surface area contributed by atoms with Crippen molar-refractivity contribution in [1.82, 2.24) is 4.90 Å². The van der Waals surface area contributed by atoms with Crippen LogP contribution in [0.5, 0.6) is 5.75 Å². The summed E-state index contributed by atoms with van der Waals surface area (Å²) in [5, 5.41) is 0.494. The molecule has 0 spiro atoms. The van der Waals surface area contributed by atoms with Crippen molar-refractivity contribution in [2.24, 2.45) is 5.92 Å². The van der Waals surface area contributed by atoms with Crippen molar-refractivity contribution in [1.29, 1.82) is 0 Å². The van der Waals surface area contributed by atoms with E-state index in [1.54, 1.807) is 11.0 Å². The van der Waals surface area contributed by atoms with E-state index in [4.69, 9.17) is 9.15 Å². The Labute approximate surface area is 211 Å². The average Bonchev–Trinajstić information content (AvgIpc) is 3.13. The average molecular weight is 482 g/mol. The van der Waals surface area contributed by atoms with Gasteiger partial charge in [-0.25, -0.2) is 0 Å². The largest absolute Gasteiger partial charge is 0.494 e. The molecule has 1 aliphatic rings. The van der Waals surface area contributed by atoms with E-state index < -0.39 is 6.04 Å². The molecule has 4 aromatic rings. The van der Waals surface area contributed by atoms with Crippen molar-refractivity contribution < 1.29 is 13.9 Å². The van der Waals surface area contributed by atoms with Gasteiger partial charge in [0.2, 0.25) is 5.76 Å². The maximum absolute atomic E-state index is 13.8. The number of fused-ring (bicyclic) bond motifs is 2. The minimum absolute atomic E-state index is 0.125. The fraction of sp³-hybridized carbons (Fsp3) is 0.290. The molecule has 2 heterocycles. The molecule has 0 aliphatic carbocycles. The first-order valence-electron chi connectivity index (χ1n) is 12.5. The van der Waals surface area contributed by atoms with Crippen molar-refractivity contribution in [3.63, 3.8) is 0 Å². The van der Waals surface area contributed by atoms with Gasteiger partial charge in [0.25, 0.3) is 5.91 Å². The number of hydrogen-bond acceptors (Lipinski definition) is 4. The molecule has 1 amide bonds. The maximum Gasteiger partial charge on any atom is 0.291 e. The van der Waals surface area contributed by atoms with E-state index in [1.165, 1.54) is 0 Å². The SMILES string of the molecule is Cc1ccc(CN2C(=O)c3oc4ccc(C)cc4c(=O)c3C2c2cccc(OCCC(C)C)c2)cc1. The van der Waals surface area contributed by atoms with E-state index in [0.29, 0.717) is 35.6 Å². The maximum atomic E-state index is 13.8. The summed E-state index contributed by atoms with van der Waals surface area (Å²) >= 11 is 0. The first-order valence-corrected chi connectivity index (χ1v) is 12.5. The third kappa shape index (κ3) is 4.53. The first-order chi connectivity index (χ1) is 17.3. The molecule has 184 valence electrons. The summed E-state index contributed by atoms with van der Waals surface area (Å²) in [4.78, 5) is 29.3. The summed E-state index contributed by atoms with van der Waals surface area (Å²) in [5.41, 5.74) is 4.60. The number of ether oxygens (including phenoxy) is 1. The Bertz CT molecular complexity index is 1480. The van der Waals surface area contributed by atoms with Gasteiger partial charge in [-0.1, -0.05) is 67.4 Å². The monoisotopic (exact) mass is 481 g/mol. The zero-order valence-corrected chi connectivity index (χ0v) is 21.2. The van der Waals surface area contributed by atoms with E-state index in [0.717, 1.165) is 34.4 Å². The van der Waals surface area contributed by atoms with Gasteiger partial charge >= 0.3 is 0 Å². The van der Waals surface area contributed by atoms with Gasteiger partial charge in [-0.15, -0.1) is 0 Å². The van der Waals surface area contributed by atoms with Gasteiger partial charge in [0.1, 0.15) is 11.3 Å². The molecule has 0 radical (unpaired) electrons. The van der Waals surface area contributed by atoms with Gasteiger partial charge in [0, 0.05) is 6.54 Å². The van der Waals surface area contributed by atoms with Crippen LogP contribution in [0, 0.1) is 19.8 Å². The van der Waals surface area contributed by atoms with Crippen LogP contribution in [0.25, 0.3) is 11.0 Å². The van der Waals surface area contributed by atoms with Crippen LogP contribution in [-0.2, 0) is 6.54 Å². The van der Waals surface area contributed by atoms with Crippen LogP contribution in [0.3, 0.4) is 0 Å². The summed E-state index contributed by atoms with van der Waals surface area (Å²) < 4.78 is 12.1. The second kappa shape index (κ2) is 9.65. The highest BCUT2D eigenvalue weighted by molar-refractivity contribution is 5.99. The van der Waals surface area contributed by atoms with Crippen molar-refractivity contribution in [3.8, 4) is 5.75 Å². The zero-order chi connectivity index (χ0) is 25.4. The van der Waals surface area contributed by atoms with E-state index in [2.05, 4.69) is 13.8 Å². The minimum atomic E-state index is -0.566. The fourth-order valence-electron chi connectivity index (χ4n) is 4.72. The summed E-state index contributed by atoms with van der Waals surface area (Å²) in [6.07, 6.45) is 0.948. The fourth-order valence-corrected chi connectivity index (χ4v) is 4.72. The quantitative estimate of drug-likeness (QED) is 0.299. The minimum Gasteiger partial charge on any atom is -0.494 e. The summed E-state index contributed by atoms with van der Waals surface area (Å²) in [6, 6.07) is 20.7. The molecule has 1 aromatic heterocycles. The predicted octanol–water partition coefficient (Wildman–Crippen LogP) is 6.58. The van der Waals surface area contributed by atoms with E-state index in [9.17, 15) is 9.59 Å². The van der Waals surface area contributed by atoms with Crippen LogP contribution in [-0.4, -0.2) is 17.4 Å². The van der Waals surface area contributed by atoms with E-state index >= 15 is 0 Å². The Kier molecular flexibility index (Phi) is 6.40. The molecule has 0 N–H and O–H groups in total. The van der Waals surface area contributed by atoms with Crippen molar-refractivity contribution in [2.45, 2.75) is 46.7 Å². The van der Waals surface area contributed by atoms with Crippen LogP contribution >= 0.6 is 0 Å². The van der Waals surface area contributed by atoms with Crippen LogP contribution in [0.15, 0.2) is 75.9 Å². The Hall–Kier alpha value is -3.86. The Morgan fingerprint density at radius 3 is 2.44 bits per heavy atom. The highest BCUT2D eigenvalue weighted by Crippen LogP contribution is 2.40. The zero-order valence-electron chi connectivity index (χ0n) is 21.2. The molecule has 1 unspecified atom stereocenters. The van der Waals surface area contributed by atoms with Gasteiger partial charge in [-0.05, 0) is 61.6 Å². The Balaban J connectivity index is 1.62. The lowest BCUT2D eigenvalue weighted by molar-refractivity contribution is 0.0714. The smallest absolute Gasteiger partial charge is 0.291 e. The van der Waals surface area contributed by atoms with Crippen LogP contribution in [0.1, 0.15) is 64.7 Å². The second-order valence-electron chi connectivity index (χ2n) is 10.1. The van der Waals surface area contributed by atoms with Gasteiger partial charge in [-0.3, -0.25) is 9.59 Å². The predicted molar refractivity (Wildman–Crippen MR) is 142 cm³/mol. The van der Waals surface area contributed by atoms with E-state index in [-0.39, 0.29) is 17.1 Å². The number of nitrogens with zero attached hydrogens (tertiary/aromatic N) is 1. The standard InChI is InChI=1S/C31H31NO4/c1-19(2)14-15-35-24-7-5-6-23(17-24)28-27-29(33)25-16-21(4)10-13-26(25)36-30(27)31(34)32(28)18-22-11-8-20(3)9-12-22/h5-13,16-17,19,28H,14-15,18H2,1-4H3. The molecule has 0 saturated heterocycles. The van der Waals surface area contributed by atoms with Crippen LogP contribution in [0.4, 0.5) is 0 Å². The normalized spacial score (nSPS) is 15.1. The highest BCUT2D eigenvalue weighted by atomic mass is 16.5. The molecule has 1 atom stereocenters. The number of hydrogen-bond donors (Lipinski definition) is 0. The summed E-state index contributed by atoms with van der Waals surface area (Å²) in [7, 11) is 0. The third-order valence-corrected chi connectivity index (χ3v) is 6.73. The molecule has 0 fully saturated rings. The summed E-state index contributed by atoms with van der Waals surface area (Å²) in [5.74, 6) is 1.12. The molecule has 5 nitrogen and oxygen atoms in total.